The van der Waals surface area contributed by atoms with Crippen molar-refractivity contribution in [2.45, 2.75) is 64.4 Å². The molecule has 10 nitrogen and oxygen atoms in total. The second-order valence-corrected chi connectivity index (χ2v) is 9.21. The molecule has 0 radical (unpaired) electrons. The minimum absolute atomic E-state index is 0.0785. The number of rotatable bonds is 1. The Labute approximate surface area is 180 Å². The van der Waals surface area contributed by atoms with Crippen LogP contribution in [0.1, 0.15) is 58.8 Å². The van der Waals surface area contributed by atoms with Crippen molar-refractivity contribution >= 4 is 29.5 Å². The summed E-state index contributed by atoms with van der Waals surface area (Å²) >= 11 is 0. The Kier molecular flexibility index (Phi) is 6.49. The fourth-order valence-corrected chi connectivity index (χ4v) is 4.43. The summed E-state index contributed by atoms with van der Waals surface area (Å²) in [6.07, 6.45) is 6.66. The van der Waals surface area contributed by atoms with Crippen molar-refractivity contribution in [3.8, 4) is 0 Å². The third-order valence-corrected chi connectivity index (χ3v) is 5.97. The topological polar surface area (TPSA) is 151 Å². The highest BCUT2D eigenvalue weighted by molar-refractivity contribution is 6.27. The molecule has 3 aliphatic heterocycles. The van der Waals surface area contributed by atoms with Gasteiger partial charge in [0.15, 0.2) is 5.78 Å². The van der Waals surface area contributed by atoms with E-state index in [-0.39, 0.29) is 12.8 Å². The molecule has 0 bridgehead atoms. The molecule has 1 fully saturated rings. The third-order valence-electron chi connectivity index (χ3n) is 5.97. The maximum atomic E-state index is 12.0. The van der Waals surface area contributed by atoms with E-state index in [9.17, 15) is 29.4 Å². The molecule has 170 valence electrons. The number of amides is 4. The van der Waals surface area contributed by atoms with Crippen LogP contribution in [0.25, 0.3) is 0 Å². The molecule has 0 spiro atoms. The number of nitrogens with one attached hydrogen (secondary N) is 3. The summed E-state index contributed by atoms with van der Waals surface area (Å²) in [7, 11) is 0. The Balaban J connectivity index is 0.000000207. The number of imide groups is 2. The molecule has 4 aliphatic rings. The van der Waals surface area contributed by atoms with Crippen LogP contribution in [0.4, 0.5) is 4.79 Å². The van der Waals surface area contributed by atoms with E-state index in [0.29, 0.717) is 0 Å². The first kappa shape index (κ1) is 22.9. The molecule has 31 heavy (non-hydrogen) atoms. The van der Waals surface area contributed by atoms with E-state index in [1.165, 1.54) is 57.6 Å². The van der Waals surface area contributed by atoms with Gasteiger partial charge in [0.25, 0.3) is 17.4 Å². The number of ketones is 1. The number of carbonyl (C=O) groups is 4. The quantitative estimate of drug-likeness (QED) is 0.307. The number of amidine groups is 1. The Morgan fingerprint density at radius 3 is 2.23 bits per heavy atom. The van der Waals surface area contributed by atoms with Crippen molar-refractivity contribution in [2.24, 2.45) is 5.41 Å². The Hall–Kier alpha value is -2.75. The van der Waals surface area contributed by atoms with Gasteiger partial charge in [0, 0.05) is 24.8 Å². The monoisotopic (exact) mass is 434 g/mol. The van der Waals surface area contributed by atoms with Gasteiger partial charge in [-0.05, 0) is 31.1 Å². The van der Waals surface area contributed by atoms with E-state index in [1.54, 1.807) is 24.5 Å². The van der Waals surface area contributed by atoms with Crippen LogP contribution in [-0.4, -0.2) is 64.4 Å². The van der Waals surface area contributed by atoms with Crippen molar-refractivity contribution < 1.29 is 34.0 Å². The predicted molar refractivity (Wildman–Crippen MR) is 108 cm³/mol. The minimum Gasteiger partial charge on any atom is -0.875 e. The second kappa shape index (κ2) is 8.78. The summed E-state index contributed by atoms with van der Waals surface area (Å²) in [6.45, 7) is 7.17. The number of urea groups is 1. The number of aliphatic hydroxyl groups is 1. The molecule has 4 N–H and O–H groups in total. The van der Waals surface area contributed by atoms with Crippen LogP contribution in [0, 0.1) is 5.41 Å². The third kappa shape index (κ3) is 4.79. The lowest BCUT2D eigenvalue weighted by Crippen LogP contribution is -2.69. The SMILES string of the molecule is C1CCC2=[N+](CC1)CCCN2.CC1(C)CC(=O)C(C2(O)C(=O)NC(=O)NC2=O)=C([O-])C1. The molecule has 0 aromatic rings. The van der Waals surface area contributed by atoms with Gasteiger partial charge in [-0.25, -0.2) is 4.79 Å². The first-order valence-corrected chi connectivity index (χ1v) is 10.7. The molecule has 10 heteroatoms. The van der Waals surface area contributed by atoms with Crippen molar-refractivity contribution in [1.29, 1.82) is 0 Å². The van der Waals surface area contributed by atoms with Gasteiger partial charge < -0.3 is 10.2 Å². The summed E-state index contributed by atoms with van der Waals surface area (Å²) in [5.41, 5.74) is -4.33. The van der Waals surface area contributed by atoms with Gasteiger partial charge in [-0.1, -0.05) is 13.8 Å². The van der Waals surface area contributed by atoms with E-state index >= 15 is 0 Å². The highest BCUT2D eigenvalue weighted by Gasteiger charge is 2.55. The standard InChI is InChI=1S/C12H14N2O6.C9H16N2/c1-11(2)3-5(15)7(6(16)4-11)12(20)8(17)13-10(19)14-9(12)18;1-2-5-9-10-6-4-8-11(9)7-3-1/h15,20H,3-4H2,1-2H3,(H2,13,14,17,18,19);1-8H2. The summed E-state index contributed by atoms with van der Waals surface area (Å²) in [4.78, 5) is 46.4. The van der Waals surface area contributed by atoms with E-state index in [2.05, 4.69) is 9.89 Å². The molecule has 4 rings (SSSR count). The average molecular weight is 434 g/mol. The van der Waals surface area contributed by atoms with Crippen molar-refractivity contribution in [1.82, 2.24) is 16.0 Å². The Morgan fingerprint density at radius 2 is 1.58 bits per heavy atom. The van der Waals surface area contributed by atoms with Gasteiger partial charge in [-0.3, -0.25) is 34.9 Å². The molecule has 1 aliphatic carbocycles. The van der Waals surface area contributed by atoms with E-state index in [1.807, 2.05) is 0 Å². The lowest BCUT2D eigenvalue weighted by atomic mass is 9.72. The first-order chi connectivity index (χ1) is 14.5. The lowest BCUT2D eigenvalue weighted by molar-refractivity contribution is -0.534. The number of nitrogens with zero attached hydrogens (tertiary/aromatic N) is 1. The number of barbiturate groups is 1. The number of allylic oxidation sites excluding steroid dienone is 1. The number of hydrogen-bond acceptors (Lipinski definition) is 7. The zero-order valence-electron chi connectivity index (χ0n) is 18.0. The van der Waals surface area contributed by atoms with Gasteiger partial charge in [0.1, 0.15) is 0 Å². The van der Waals surface area contributed by atoms with Crippen LogP contribution >= 0.6 is 0 Å². The zero-order chi connectivity index (χ0) is 22.8. The summed E-state index contributed by atoms with van der Waals surface area (Å²) < 4.78 is 2.54. The normalized spacial score (nSPS) is 25.4. The maximum Gasteiger partial charge on any atom is 0.328 e. The Bertz CT molecular complexity index is 835. The predicted octanol–water partition coefficient (Wildman–Crippen LogP) is -0.948. The van der Waals surface area contributed by atoms with Crippen LogP contribution in [-0.2, 0) is 14.4 Å². The number of carbonyl (C=O) groups excluding carboxylic acids is 4. The van der Waals surface area contributed by atoms with Crippen molar-refractivity contribution in [2.75, 3.05) is 19.6 Å². The maximum absolute atomic E-state index is 12.0. The smallest absolute Gasteiger partial charge is 0.328 e. The van der Waals surface area contributed by atoms with Gasteiger partial charge >= 0.3 is 6.03 Å². The fraction of sp³-hybridized carbons (Fsp3) is 0.667. The number of hydrogen-bond donors (Lipinski definition) is 4. The fourth-order valence-electron chi connectivity index (χ4n) is 4.43. The molecule has 0 aromatic carbocycles. The minimum atomic E-state index is -2.95. The molecule has 0 saturated carbocycles. The van der Waals surface area contributed by atoms with Crippen molar-refractivity contribution in [3.63, 3.8) is 0 Å². The van der Waals surface area contributed by atoms with Crippen LogP contribution < -0.4 is 21.1 Å². The molecular formula is C21H30N4O6. The zero-order valence-corrected chi connectivity index (χ0v) is 18.0. The van der Waals surface area contributed by atoms with Crippen LogP contribution in [0.3, 0.4) is 0 Å². The molecule has 0 aromatic heterocycles. The van der Waals surface area contributed by atoms with Crippen LogP contribution in [0.2, 0.25) is 0 Å². The van der Waals surface area contributed by atoms with E-state index in [4.69, 9.17) is 0 Å². The van der Waals surface area contributed by atoms with Crippen molar-refractivity contribution in [3.05, 3.63) is 11.3 Å². The lowest BCUT2D eigenvalue weighted by Gasteiger charge is -2.40. The summed E-state index contributed by atoms with van der Waals surface area (Å²) in [6, 6.07) is -1.11. The highest BCUT2D eigenvalue weighted by atomic mass is 16.3. The van der Waals surface area contributed by atoms with Crippen LogP contribution in [0.15, 0.2) is 11.3 Å². The van der Waals surface area contributed by atoms with Crippen LogP contribution in [0.5, 0.6) is 0 Å². The largest absolute Gasteiger partial charge is 0.875 e. The van der Waals surface area contributed by atoms with Gasteiger partial charge in [-0.15, -0.1) is 5.76 Å². The molecule has 1 saturated heterocycles. The van der Waals surface area contributed by atoms with Gasteiger partial charge in [0.05, 0.1) is 19.6 Å². The average Bonchev–Trinajstić information content (AvgIpc) is 2.91. The van der Waals surface area contributed by atoms with E-state index in [0.717, 1.165) is 0 Å². The molecule has 3 heterocycles. The van der Waals surface area contributed by atoms with Gasteiger partial charge in [-0.2, -0.15) is 0 Å². The second-order valence-electron chi connectivity index (χ2n) is 9.21. The van der Waals surface area contributed by atoms with Gasteiger partial charge in [0.2, 0.25) is 5.84 Å². The summed E-state index contributed by atoms with van der Waals surface area (Å²) in [5.74, 6) is -2.79. The summed E-state index contributed by atoms with van der Waals surface area (Å²) in [5, 5.41) is 29.1. The molecule has 0 unspecified atom stereocenters. The Morgan fingerprint density at radius 1 is 0.935 bits per heavy atom. The highest BCUT2D eigenvalue weighted by Crippen LogP contribution is 2.38. The molecular weight excluding hydrogens is 404 g/mol. The molecule has 0 atom stereocenters. The molecule has 4 amide bonds. The van der Waals surface area contributed by atoms with E-state index < -0.39 is 46.0 Å². The first-order valence-electron chi connectivity index (χ1n) is 10.7. The number of Topliss-reactive ketones (excluding diaryl/α,β-unsaturated/α-hetero) is 1.